The lowest BCUT2D eigenvalue weighted by Crippen LogP contribution is -2.22. The Morgan fingerprint density at radius 1 is 0.719 bits per heavy atom. The van der Waals surface area contributed by atoms with Gasteiger partial charge in [-0.1, -0.05) is 72.4 Å². The highest BCUT2D eigenvalue weighted by atomic mass is 32.2. The van der Waals surface area contributed by atoms with Crippen molar-refractivity contribution in [1.29, 1.82) is 0 Å². The van der Waals surface area contributed by atoms with Gasteiger partial charge in [0.25, 0.3) is 5.69 Å². The van der Waals surface area contributed by atoms with Gasteiger partial charge in [0, 0.05) is 27.6 Å². The molecule has 0 saturated carbocycles. The summed E-state index contributed by atoms with van der Waals surface area (Å²) in [6.07, 6.45) is 0. The number of carbonyl (C=O) groups is 1. The van der Waals surface area contributed by atoms with E-state index in [1.165, 1.54) is 23.9 Å². The molecular formula is C26H20N2O3S. The number of anilines is 1. The van der Waals surface area contributed by atoms with Crippen LogP contribution in [0.2, 0.25) is 0 Å². The molecule has 0 fully saturated rings. The van der Waals surface area contributed by atoms with Crippen LogP contribution in [-0.4, -0.2) is 10.8 Å². The molecule has 6 heteroatoms. The van der Waals surface area contributed by atoms with Crippen LogP contribution in [0.5, 0.6) is 0 Å². The van der Waals surface area contributed by atoms with Crippen LogP contribution in [0, 0.1) is 10.1 Å². The van der Waals surface area contributed by atoms with Gasteiger partial charge in [-0.2, -0.15) is 0 Å². The van der Waals surface area contributed by atoms with E-state index < -0.39 is 10.8 Å². The van der Waals surface area contributed by atoms with Crippen molar-refractivity contribution in [3.8, 4) is 0 Å². The summed E-state index contributed by atoms with van der Waals surface area (Å²) in [5.41, 5.74) is 2.64. The van der Waals surface area contributed by atoms with Gasteiger partial charge in [0.05, 0.1) is 10.8 Å². The summed E-state index contributed by atoms with van der Waals surface area (Å²) in [7, 11) is 0. The Hall–Kier alpha value is -3.90. The van der Waals surface area contributed by atoms with Crippen LogP contribution in [0.4, 0.5) is 11.4 Å². The third-order valence-electron chi connectivity index (χ3n) is 4.93. The molecule has 4 rings (SSSR count). The van der Waals surface area contributed by atoms with E-state index in [4.69, 9.17) is 0 Å². The predicted molar refractivity (Wildman–Crippen MR) is 127 cm³/mol. The summed E-state index contributed by atoms with van der Waals surface area (Å²) in [6, 6.07) is 33.4. The topological polar surface area (TPSA) is 72.2 Å². The predicted octanol–water partition coefficient (Wildman–Crippen LogP) is 6.52. The van der Waals surface area contributed by atoms with Gasteiger partial charge < -0.3 is 5.32 Å². The molecule has 5 nitrogen and oxygen atoms in total. The molecule has 0 unspecified atom stereocenters. The fraction of sp³-hybridized carbons (Fsp3) is 0.0385. The minimum atomic E-state index is -0.413. The first kappa shape index (κ1) is 21.3. The number of non-ortho nitro benzene ring substituents is 1. The van der Waals surface area contributed by atoms with Crippen molar-refractivity contribution >= 4 is 29.0 Å². The molecule has 4 aromatic carbocycles. The molecule has 0 saturated heterocycles. The van der Waals surface area contributed by atoms with Crippen molar-refractivity contribution in [1.82, 2.24) is 0 Å². The second-order valence-corrected chi connectivity index (χ2v) is 8.27. The smallest absolute Gasteiger partial charge is 0.269 e. The second kappa shape index (κ2) is 9.94. The molecule has 0 spiro atoms. The lowest BCUT2D eigenvalue weighted by molar-refractivity contribution is -0.384. The summed E-state index contributed by atoms with van der Waals surface area (Å²) in [5, 5.41) is 13.8. The lowest BCUT2D eigenvalue weighted by Gasteiger charge is -2.18. The van der Waals surface area contributed by atoms with Gasteiger partial charge in [0.2, 0.25) is 5.91 Å². The van der Waals surface area contributed by atoms with Crippen molar-refractivity contribution in [2.75, 3.05) is 5.32 Å². The molecule has 0 aliphatic carbocycles. The van der Waals surface area contributed by atoms with Gasteiger partial charge in [-0.15, -0.1) is 0 Å². The van der Waals surface area contributed by atoms with Gasteiger partial charge in [0.1, 0.15) is 0 Å². The maximum atomic E-state index is 13.2. The van der Waals surface area contributed by atoms with Gasteiger partial charge in [-0.25, -0.2) is 0 Å². The fourth-order valence-corrected chi connectivity index (χ4v) is 4.20. The number of hydrogen-bond acceptors (Lipinski definition) is 4. The zero-order valence-electron chi connectivity index (χ0n) is 17.0. The zero-order valence-corrected chi connectivity index (χ0v) is 17.9. The summed E-state index contributed by atoms with van der Waals surface area (Å²) >= 11 is 1.50. The molecule has 1 amide bonds. The Morgan fingerprint density at radius 2 is 1.19 bits per heavy atom. The zero-order chi connectivity index (χ0) is 22.3. The number of rotatable bonds is 7. The molecule has 0 radical (unpaired) electrons. The standard InChI is InChI=1S/C26H20N2O3S/c29-26(25(19-7-3-1-4-8-19)20-9-5-2-6-10-20)27-21-11-15-23(16-12-21)32-24-17-13-22(14-18-24)28(30)31/h1-18,25H,(H,27,29). The van der Waals surface area contributed by atoms with Crippen molar-refractivity contribution in [3.63, 3.8) is 0 Å². The lowest BCUT2D eigenvalue weighted by atomic mass is 9.90. The minimum absolute atomic E-state index is 0.0683. The van der Waals surface area contributed by atoms with E-state index in [-0.39, 0.29) is 11.6 Å². The number of benzene rings is 4. The van der Waals surface area contributed by atoms with Crippen molar-refractivity contribution in [2.24, 2.45) is 0 Å². The number of amides is 1. The van der Waals surface area contributed by atoms with E-state index in [9.17, 15) is 14.9 Å². The minimum Gasteiger partial charge on any atom is -0.325 e. The number of hydrogen-bond donors (Lipinski definition) is 1. The summed E-state index contributed by atoms with van der Waals surface area (Å²) in [5.74, 6) is -0.510. The number of nitro benzene ring substituents is 1. The SMILES string of the molecule is O=C(Nc1ccc(Sc2ccc([N+](=O)[O-])cc2)cc1)C(c1ccccc1)c1ccccc1. The number of nitro groups is 1. The average molecular weight is 441 g/mol. The molecular weight excluding hydrogens is 420 g/mol. The highest BCUT2D eigenvalue weighted by Gasteiger charge is 2.22. The molecule has 0 aliphatic rings. The first-order valence-electron chi connectivity index (χ1n) is 10.0. The second-order valence-electron chi connectivity index (χ2n) is 7.12. The molecule has 0 heterocycles. The number of carbonyl (C=O) groups excluding carboxylic acids is 1. The number of nitrogens with one attached hydrogen (secondary N) is 1. The third-order valence-corrected chi connectivity index (χ3v) is 5.95. The van der Waals surface area contributed by atoms with E-state index in [1.807, 2.05) is 84.9 Å². The molecule has 0 bridgehead atoms. The van der Waals surface area contributed by atoms with Crippen LogP contribution in [0.3, 0.4) is 0 Å². The van der Waals surface area contributed by atoms with Crippen molar-refractivity contribution < 1.29 is 9.72 Å². The number of nitrogens with zero attached hydrogens (tertiary/aromatic N) is 1. The van der Waals surface area contributed by atoms with Crippen LogP contribution in [0.15, 0.2) is 119 Å². The highest BCUT2D eigenvalue weighted by Crippen LogP contribution is 2.31. The normalized spacial score (nSPS) is 10.7. The average Bonchev–Trinajstić information content (AvgIpc) is 2.82. The van der Waals surface area contributed by atoms with Crippen LogP contribution < -0.4 is 5.32 Å². The molecule has 0 aliphatic heterocycles. The molecule has 0 aromatic heterocycles. The van der Waals surface area contributed by atoms with E-state index in [2.05, 4.69) is 5.32 Å². The Kier molecular flexibility index (Phi) is 6.63. The van der Waals surface area contributed by atoms with Gasteiger partial charge in [0.15, 0.2) is 0 Å². The third kappa shape index (κ3) is 5.22. The van der Waals surface area contributed by atoms with Crippen molar-refractivity contribution in [3.05, 3.63) is 130 Å². The largest absolute Gasteiger partial charge is 0.325 e. The molecule has 158 valence electrons. The van der Waals surface area contributed by atoms with E-state index in [1.54, 1.807) is 12.1 Å². The van der Waals surface area contributed by atoms with E-state index in [0.717, 1.165) is 20.9 Å². The highest BCUT2D eigenvalue weighted by molar-refractivity contribution is 7.99. The van der Waals surface area contributed by atoms with Crippen molar-refractivity contribution in [2.45, 2.75) is 15.7 Å². The summed E-state index contributed by atoms with van der Waals surface area (Å²) < 4.78 is 0. The van der Waals surface area contributed by atoms with Gasteiger partial charge in [-0.05, 0) is 47.5 Å². The molecule has 1 N–H and O–H groups in total. The molecule has 0 atom stereocenters. The maximum Gasteiger partial charge on any atom is 0.269 e. The van der Waals surface area contributed by atoms with Crippen LogP contribution in [0.25, 0.3) is 0 Å². The molecule has 4 aromatic rings. The Balaban J connectivity index is 1.48. The summed E-state index contributed by atoms with van der Waals surface area (Å²) in [6.45, 7) is 0. The van der Waals surface area contributed by atoms with Gasteiger partial charge >= 0.3 is 0 Å². The van der Waals surface area contributed by atoms with Crippen LogP contribution in [-0.2, 0) is 4.79 Å². The Labute approximate surface area is 190 Å². The van der Waals surface area contributed by atoms with Gasteiger partial charge in [-0.3, -0.25) is 14.9 Å². The first-order chi connectivity index (χ1) is 15.6. The Bertz CT molecular complexity index is 1160. The van der Waals surface area contributed by atoms with E-state index >= 15 is 0 Å². The first-order valence-corrected chi connectivity index (χ1v) is 10.8. The van der Waals surface area contributed by atoms with Crippen LogP contribution >= 0.6 is 11.8 Å². The Morgan fingerprint density at radius 3 is 1.66 bits per heavy atom. The maximum absolute atomic E-state index is 13.2. The fourth-order valence-electron chi connectivity index (χ4n) is 3.38. The summed E-state index contributed by atoms with van der Waals surface area (Å²) in [4.78, 5) is 25.5. The quantitative estimate of drug-likeness (QED) is 0.262. The van der Waals surface area contributed by atoms with E-state index in [0.29, 0.717) is 5.69 Å². The van der Waals surface area contributed by atoms with Crippen LogP contribution in [0.1, 0.15) is 17.0 Å². The monoisotopic (exact) mass is 440 g/mol. The molecule has 32 heavy (non-hydrogen) atoms.